The standard InChI is InChI=1S/C28H44N2O3/c1-26-12-9-21(29-15-16-30(3)4)17-20(26)6-7-24-23(26)10-13-27(2)22(11-14-28(24,27)32)19-5-8-25(31)33-18-19/h5,8,18,20-24,29,32H,6-7,9-17H2,1-4H3/t20?,21?,22-,23?,24?,26?,27-,28?/m1/s1. The molecule has 4 aliphatic rings. The third-order valence-corrected chi connectivity index (χ3v) is 11.0. The maximum atomic E-state index is 12.4. The average molecular weight is 457 g/mol. The van der Waals surface area contributed by atoms with E-state index in [1.54, 1.807) is 12.3 Å². The molecule has 0 radical (unpaired) electrons. The smallest absolute Gasteiger partial charge is 0.335 e. The molecule has 0 spiro atoms. The van der Waals surface area contributed by atoms with Crippen LogP contribution in [0.25, 0.3) is 0 Å². The topological polar surface area (TPSA) is 65.7 Å². The van der Waals surface area contributed by atoms with Crippen molar-refractivity contribution in [1.82, 2.24) is 10.2 Å². The summed E-state index contributed by atoms with van der Waals surface area (Å²) in [6.45, 7) is 7.06. The van der Waals surface area contributed by atoms with Gasteiger partial charge in [-0.3, -0.25) is 0 Å². The van der Waals surface area contributed by atoms with E-state index in [1.165, 1.54) is 32.1 Å². The van der Waals surface area contributed by atoms with Crippen LogP contribution in [0.5, 0.6) is 0 Å². The van der Waals surface area contributed by atoms with E-state index < -0.39 is 5.60 Å². The molecule has 5 nitrogen and oxygen atoms in total. The van der Waals surface area contributed by atoms with Gasteiger partial charge in [0.1, 0.15) is 0 Å². The zero-order chi connectivity index (χ0) is 23.4. The first-order valence-electron chi connectivity index (χ1n) is 13.4. The molecule has 1 heterocycles. The molecular formula is C28H44N2O3. The van der Waals surface area contributed by atoms with Gasteiger partial charge >= 0.3 is 5.63 Å². The Labute approximate surface area is 199 Å². The van der Waals surface area contributed by atoms with Crippen LogP contribution in [0.15, 0.2) is 27.6 Å². The molecule has 0 bridgehead atoms. The van der Waals surface area contributed by atoms with E-state index in [0.29, 0.717) is 23.3 Å². The Hall–Kier alpha value is -1.17. The molecule has 0 amide bonds. The van der Waals surface area contributed by atoms with Crippen LogP contribution in [0.3, 0.4) is 0 Å². The molecule has 5 heteroatoms. The van der Waals surface area contributed by atoms with Gasteiger partial charge in [-0.05, 0) is 113 Å². The summed E-state index contributed by atoms with van der Waals surface area (Å²) in [6, 6.07) is 4.13. The van der Waals surface area contributed by atoms with Crippen molar-refractivity contribution < 1.29 is 9.52 Å². The highest BCUT2D eigenvalue weighted by molar-refractivity contribution is 5.27. The van der Waals surface area contributed by atoms with Crippen LogP contribution in [0.4, 0.5) is 0 Å². The lowest BCUT2D eigenvalue weighted by atomic mass is 9.43. The molecular weight excluding hydrogens is 412 g/mol. The van der Waals surface area contributed by atoms with Crippen LogP contribution < -0.4 is 10.9 Å². The Kier molecular flexibility index (Phi) is 6.07. The first-order valence-corrected chi connectivity index (χ1v) is 13.4. The van der Waals surface area contributed by atoms with Crippen LogP contribution in [0.1, 0.15) is 83.1 Å². The molecule has 4 fully saturated rings. The minimum absolute atomic E-state index is 0.137. The van der Waals surface area contributed by atoms with E-state index in [9.17, 15) is 9.90 Å². The van der Waals surface area contributed by atoms with Gasteiger partial charge in [-0.25, -0.2) is 4.79 Å². The summed E-state index contributed by atoms with van der Waals surface area (Å²) in [7, 11) is 4.29. The first-order chi connectivity index (χ1) is 15.7. The SMILES string of the molecule is CN(C)CCNC1CCC2(C)C(CCC3C2CC[C@]2(C)[C@@H](c4ccc(=O)oc4)CCC32O)C1. The fraction of sp³-hybridized carbons (Fsp3) is 0.821. The van der Waals surface area contributed by atoms with Gasteiger partial charge in [0.2, 0.25) is 0 Å². The normalized spacial score (nSPS) is 44.8. The number of aliphatic hydroxyl groups is 1. The van der Waals surface area contributed by atoms with Crippen LogP contribution in [-0.2, 0) is 0 Å². The maximum Gasteiger partial charge on any atom is 0.335 e. The van der Waals surface area contributed by atoms with E-state index in [-0.39, 0.29) is 17.0 Å². The molecule has 33 heavy (non-hydrogen) atoms. The van der Waals surface area contributed by atoms with Gasteiger partial charge in [-0.15, -0.1) is 0 Å². The van der Waals surface area contributed by atoms with Crippen molar-refractivity contribution in [1.29, 1.82) is 0 Å². The van der Waals surface area contributed by atoms with Crippen LogP contribution in [0.2, 0.25) is 0 Å². The number of nitrogens with one attached hydrogen (secondary N) is 1. The van der Waals surface area contributed by atoms with E-state index in [4.69, 9.17) is 4.42 Å². The van der Waals surface area contributed by atoms with Gasteiger partial charge in [-0.1, -0.05) is 13.8 Å². The lowest BCUT2D eigenvalue weighted by Crippen LogP contribution is -2.62. The third-order valence-electron chi connectivity index (χ3n) is 11.0. The predicted molar refractivity (Wildman–Crippen MR) is 131 cm³/mol. The van der Waals surface area contributed by atoms with Gasteiger partial charge in [0, 0.05) is 30.6 Å². The van der Waals surface area contributed by atoms with Gasteiger partial charge in [-0.2, -0.15) is 0 Å². The van der Waals surface area contributed by atoms with Gasteiger partial charge < -0.3 is 19.7 Å². The molecule has 184 valence electrons. The van der Waals surface area contributed by atoms with Crippen molar-refractivity contribution in [2.75, 3.05) is 27.2 Å². The summed E-state index contributed by atoms with van der Waals surface area (Å²) >= 11 is 0. The maximum absolute atomic E-state index is 12.4. The quantitative estimate of drug-likeness (QED) is 0.687. The fourth-order valence-electron chi connectivity index (χ4n) is 9.00. The number of fused-ring (bicyclic) bond motifs is 5. The molecule has 6 unspecified atom stereocenters. The van der Waals surface area contributed by atoms with Crippen molar-refractivity contribution in [3.63, 3.8) is 0 Å². The Bertz CT molecular complexity index is 894. The molecule has 0 aromatic carbocycles. The second-order valence-corrected chi connectivity index (χ2v) is 12.6. The third kappa shape index (κ3) is 3.73. The van der Waals surface area contributed by atoms with Crippen molar-refractivity contribution in [2.45, 2.75) is 89.2 Å². The highest BCUT2D eigenvalue weighted by atomic mass is 16.4. The Morgan fingerprint density at radius 3 is 2.61 bits per heavy atom. The summed E-state index contributed by atoms with van der Waals surface area (Å²) in [6.07, 6.45) is 12.1. The van der Waals surface area contributed by atoms with E-state index in [0.717, 1.165) is 50.3 Å². The molecule has 0 saturated heterocycles. The van der Waals surface area contributed by atoms with Crippen LogP contribution >= 0.6 is 0 Å². The molecule has 0 aliphatic heterocycles. The summed E-state index contributed by atoms with van der Waals surface area (Å²) < 4.78 is 5.23. The minimum atomic E-state index is -0.606. The van der Waals surface area contributed by atoms with Crippen LogP contribution in [0, 0.1) is 28.6 Å². The Balaban J connectivity index is 1.33. The second kappa shape index (κ2) is 8.49. The minimum Gasteiger partial charge on any atom is -0.431 e. The lowest BCUT2D eigenvalue weighted by molar-refractivity contribution is -0.202. The lowest BCUT2D eigenvalue weighted by Gasteiger charge is -2.64. The molecule has 5 rings (SSSR count). The Morgan fingerprint density at radius 2 is 1.88 bits per heavy atom. The monoisotopic (exact) mass is 456 g/mol. The van der Waals surface area contributed by atoms with Gasteiger partial charge in [0.25, 0.3) is 0 Å². The van der Waals surface area contributed by atoms with Crippen LogP contribution in [-0.4, -0.2) is 48.8 Å². The molecule has 4 aliphatic carbocycles. The molecule has 8 atom stereocenters. The average Bonchev–Trinajstić information content (AvgIpc) is 3.05. The van der Waals surface area contributed by atoms with Crippen molar-refractivity contribution in [3.05, 3.63) is 34.4 Å². The van der Waals surface area contributed by atoms with Crippen molar-refractivity contribution >= 4 is 0 Å². The summed E-state index contributed by atoms with van der Waals surface area (Å²) in [4.78, 5) is 13.8. The summed E-state index contributed by atoms with van der Waals surface area (Å²) in [5.41, 5.74) is 0.417. The number of rotatable bonds is 5. The number of hydrogen-bond donors (Lipinski definition) is 2. The molecule has 4 saturated carbocycles. The zero-order valence-electron chi connectivity index (χ0n) is 21.1. The predicted octanol–water partition coefficient (Wildman–Crippen LogP) is 4.40. The largest absolute Gasteiger partial charge is 0.431 e. The van der Waals surface area contributed by atoms with E-state index in [2.05, 4.69) is 38.2 Å². The highest BCUT2D eigenvalue weighted by Crippen LogP contribution is 2.70. The molecule has 2 N–H and O–H groups in total. The van der Waals surface area contributed by atoms with Crippen molar-refractivity contribution in [3.8, 4) is 0 Å². The van der Waals surface area contributed by atoms with Gasteiger partial charge in [0.15, 0.2) is 0 Å². The fourth-order valence-corrected chi connectivity index (χ4v) is 9.00. The Morgan fingerprint density at radius 1 is 1.06 bits per heavy atom. The van der Waals surface area contributed by atoms with E-state index >= 15 is 0 Å². The van der Waals surface area contributed by atoms with Gasteiger partial charge in [0.05, 0.1) is 11.9 Å². The summed E-state index contributed by atoms with van der Waals surface area (Å²) in [5.74, 6) is 2.08. The second-order valence-electron chi connectivity index (χ2n) is 12.6. The molecule has 1 aromatic heterocycles. The van der Waals surface area contributed by atoms with E-state index in [1.807, 2.05) is 6.07 Å². The molecule has 1 aromatic rings. The number of nitrogens with zero attached hydrogens (tertiary/aromatic N) is 1. The van der Waals surface area contributed by atoms with Crippen molar-refractivity contribution in [2.24, 2.45) is 28.6 Å². The summed E-state index contributed by atoms with van der Waals surface area (Å²) in [5, 5.41) is 16.2. The first kappa shape index (κ1) is 23.6. The number of hydrogen-bond acceptors (Lipinski definition) is 5. The zero-order valence-corrected chi connectivity index (χ0v) is 21.1. The number of likely N-dealkylation sites (N-methyl/N-ethyl adjacent to an activating group) is 1. The highest BCUT2D eigenvalue weighted by Gasteiger charge is 2.67.